The van der Waals surface area contributed by atoms with Gasteiger partial charge in [-0.05, 0) is 19.3 Å². The van der Waals surface area contributed by atoms with E-state index >= 15 is 0 Å². The number of hydrogen-bond donors (Lipinski definition) is 2. The number of carboxylic acids is 2. The van der Waals surface area contributed by atoms with E-state index in [1.54, 1.807) is 0 Å². The van der Waals surface area contributed by atoms with Gasteiger partial charge in [0.25, 0.3) is 0 Å². The van der Waals surface area contributed by atoms with Gasteiger partial charge in [0.05, 0.1) is 17.6 Å². The highest BCUT2D eigenvalue weighted by molar-refractivity contribution is 5.82. The number of rotatable bonds is 3. The first-order valence-corrected chi connectivity index (χ1v) is 5.15. The second-order valence-corrected chi connectivity index (χ2v) is 4.29. The molecule has 2 N–H and O–H groups in total. The summed E-state index contributed by atoms with van der Waals surface area (Å²) < 4.78 is 5.60. The second kappa shape index (κ2) is 3.20. The quantitative estimate of drug-likeness (QED) is 0.723. The summed E-state index contributed by atoms with van der Waals surface area (Å²) in [5.74, 6) is -3.87. The largest absolute Gasteiger partial charge is 0.481 e. The van der Waals surface area contributed by atoms with Gasteiger partial charge < -0.3 is 14.9 Å². The molecule has 4 atom stereocenters. The lowest BCUT2D eigenvalue weighted by Gasteiger charge is -2.30. The standard InChI is InChI=1S/C10H14O5/c1-2-10-4-3-5(15-10)6(8(11)12)7(10)9(13)14/h5-7H,2-4H2,1H3,(H,11,12)(H,13,14)/t5-,6-,7+,10+/m0/s1. The number of carbonyl (C=O) groups is 2. The Morgan fingerprint density at radius 1 is 1.40 bits per heavy atom. The van der Waals surface area contributed by atoms with Crippen molar-refractivity contribution >= 4 is 11.9 Å². The molecule has 0 aromatic heterocycles. The lowest BCUT2D eigenvalue weighted by Crippen LogP contribution is -2.45. The molecule has 84 valence electrons. The van der Waals surface area contributed by atoms with Crippen molar-refractivity contribution in [1.29, 1.82) is 0 Å². The first kappa shape index (κ1) is 10.4. The third-order valence-corrected chi connectivity index (χ3v) is 3.71. The van der Waals surface area contributed by atoms with Crippen molar-refractivity contribution in [2.75, 3.05) is 0 Å². The zero-order valence-corrected chi connectivity index (χ0v) is 8.47. The van der Waals surface area contributed by atoms with Crippen LogP contribution in [0.2, 0.25) is 0 Å². The van der Waals surface area contributed by atoms with Gasteiger partial charge in [-0.3, -0.25) is 9.59 Å². The monoisotopic (exact) mass is 214 g/mol. The fourth-order valence-corrected chi connectivity index (χ4v) is 2.99. The van der Waals surface area contributed by atoms with Crippen LogP contribution >= 0.6 is 0 Å². The van der Waals surface area contributed by atoms with Gasteiger partial charge in [0.1, 0.15) is 5.92 Å². The molecule has 0 radical (unpaired) electrons. The van der Waals surface area contributed by atoms with Crippen LogP contribution in [-0.4, -0.2) is 33.9 Å². The first-order chi connectivity index (χ1) is 7.02. The maximum absolute atomic E-state index is 11.1. The predicted octanol–water partition coefficient (Wildman–Crippen LogP) is 0.729. The molecule has 0 aliphatic carbocycles. The van der Waals surface area contributed by atoms with Gasteiger partial charge >= 0.3 is 11.9 Å². The summed E-state index contributed by atoms with van der Waals surface area (Å²) in [6.07, 6.45) is 1.47. The molecule has 2 fully saturated rings. The van der Waals surface area contributed by atoms with Crippen molar-refractivity contribution in [2.45, 2.75) is 37.9 Å². The fourth-order valence-electron chi connectivity index (χ4n) is 2.99. The van der Waals surface area contributed by atoms with E-state index in [9.17, 15) is 9.59 Å². The average Bonchev–Trinajstić information content (AvgIpc) is 2.72. The molecule has 5 heteroatoms. The molecule has 5 nitrogen and oxygen atoms in total. The number of aliphatic carboxylic acids is 2. The van der Waals surface area contributed by atoms with Crippen molar-refractivity contribution in [3.63, 3.8) is 0 Å². The minimum absolute atomic E-state index is 0.413. The highest BCUT2D eigenvalue weighted by atomic mass is 16.5. The molecular formula is C10H14O5. The number of carboxylic acid groups (broad SMARTS) is 2. The highest BCUT2D eigenvalue weighted by Crippen LogP contribution is 2.53. The molecule has 2 bridgehead atoms. The highest BCUT2D eigenvalue weighted by Gasteiger charge is 2.63. The van der Waals surface area contributed by atoms with Gasteiger partial charge in [0, 0.05) is 0 Å². The summed E-state index contributed by atoms with van der Waals surface area (Å²) in [5.41, 5.74) is -0.737. The van der Waals surface area contributed by atoms with Crippen LogP contribution in [-0.2, 0) is 14.3 Å². The van der Waals surface area contributed by atoms with Crippen LogP contribution in [0.4, 0.5) is 0 Å². The fraction of sp³-hybridized carbons (Fsp3) is 0.800. The average molecular weight is 214 g/mol. The van der Waals surface area contributed by atoms with Crippen LogP contribution < -0.4 is 0 Å². The topological polar surface area (TPSA) is 83.8 Å². The van der Waals surface area contributed by atoms with Gasteiger partial charge in [0.15, 0.2) is 0 Å². The van der Waals surface area contributed by atoms with E-state index in [-0.39, 0.29) is 0 Å². The molecule has 2 aliphatic heterocycles. The molecule has 2 aliphatic rings. The third kappa shape index (κ3) is 1.26. The smallest absolute Gasteiger partial charge is 0.310 e. The minimum Gasteiger partial charge on any atom is -0.481 e. The normalized spacial score (nSPS) is 43.1. The summed E-state index contributed by atoms with van der Waals surface area (Å²) in [4.78, 5) is 22.1. The molecule has 2 heterocycles. The van der Waals surface area contributed by atoms with Crippen molar-refractivity contribution in [2.24, 2.45) is 11.8 Å². The minimum atomic E-state index is -1.05. The molecule has 0 spiro atoms. The van der Waals surface area contributed by atoms with Gasteiger partial charge in [-0.2, -0.15) is 0 Å². The van der Waals surface area contributed by atoms with E-state index in [1.807, 2.05) is 6.92 Å². The van der Waals surface area contributed by atoms with Crippen LogP contribution in [0.1, 0.15) is 26.2 Å². The molecule has 0 saturated carbocycles. The maximum atomic E-state index is 11.1. The Morgan fingerprint density at radius 3 is 2.53 bits per heavy atom. The summed E-state index contributed by atoms with van der Waals surface area (Å²) in [6, 6.07) is 0. The Labute approximate surface area is 87.0 Å². The van der Waals surface area contributed by atoms with E-state index in [2.05, 4.69) is 0 Å². The van der Waals surface area contributed by atoms with Crippen molar-refractivity contribution in [1.82, 2.24) is 0 Å². The van der Waals surface area contributed by atoms with E-state index in [1.165, 1.54) is 0 Å². The Bertz CT molecular complexity index is 313. The van der Waals surface area contributed by atoms with E-state index in [0.29, 0.717) is 19.3 Å². The molecule has 2 saturated heterocycles. The summed E-state index contributed by atoms with van der Waals surface area (Å²) in [5, 5.41) is 18.1. The van der Waals surface area contributed by atoms with Gasteiger partial charge in [-0.1, -0.05) is 6.92 Å². The van der Waals surface area contributed by atoms with Crippen LogP contribution in [0.5, 0.6) is 0 Å². The van der Waals surface area contributed by atoms with Crippen molar-refractivity contribution < 1.29 is 24.5 Å². The van der Waals surface area contributed by atoms with Gasteiger partial charge in [-0.25, -0.2) is 0 Å². The Kier molecular flexibility index (Phi) is 2.22. The third-order valence-electron chi connectivity index (χ3n) is 3.71. The van der Waals surface area contributed by atoms with Crippen molar-refractivity contribution in [3.05, 3.63) is 0 Å². The Hall–Kier alpha value is -1.10. The molecule has 15 heavy (non-hydrogen) atoms. The van der Waals surface area contributed by atoms with Crippen LogP contribution in [0.15, 0.2) is 0 Å². The first-order valence-electron chi connectivity index (χ1n) is 5.15. The molecule has 0 aromatic carbocycles. The summed E-state index contributed by atoms with van der Waals surface area (Å²) >= 11 is 0. The zero-order chi connectivity index (χ0) is 11.2. The SMILES string of the molecule is CC[C@]12CC[C@H](O1)[C@H](C(=O)O)[C@@H]2C(=O)O. The van der Waals surface area contributed by atoms with E-state index < -0.39 is 35.5 Å². The van der Waals surface area contributed by atoms with Crippen LogP contribution in [0.3, 0.4) is 0 Å². The van der Waals surface area contributed by atoms with Crippen LogP contribution in [0, 0.1) is 11.8 Å². The summed E-state index contributed by atoms with van der Waals surface area (Å²) in [7, 11) is 0. The van der Waals surface area contributed by atoms with Crippen molar-refractivity contribution in [3.8, 4) is 0 Å². The lowest BCUT2D eigenvalue weighted by molar-refractivity contribution is -0.156. The van der Waals surface area contributed by atoms with Gasteiger partial charge in [-0.15, -0.1) is 0 Å². The predicted molar refractivity (Wildman–Crippen MR) is 49.4 cm³/mol. The maximum Gasteiger partial charge on any atom is 0.310 e. The van der Waals surface area contributed by atoms with Gasteiger partial charge in [0.2, 0.25) is 0 Å². The number of fused-ring (bicyclic) bond motifs is 2. The Balaban J connectivity index is 2.36. The molecule has 0 aromatic rings. The second-order valence-electron chi connectivity index (χ2n) is 4.29. The molecule has 2 rings (SSSR count). The van der Waals surface area contributed by atoms with E-state index in [4.69, 9.17) is 14.9 Å². The molecule has 0 amide bonds. The van der Waals surface area contributed by atoms with Crippen LogP contribution in [0.25, 0.3) is 0 Å². The lowest BCUT2D eigenvalue weighted by atomic mass is 9.70. The molecular weight excluding hydrogens is 200 g/mol. The molecule has 0 unspecified atom stereocenters. The summed E-state index contributed by atoms with van der Waals surface area (Å²) in [6.45, 7) is 1.85. The Morgan fingerprint density at radius 2 is 2.07 bits per heavy atom. The number of hydrogen-bond acceptors (Lipinski definition) is 3. The van der Waals surface area contributed by atoms with E-state index in [0.717, 1.165) is 0 Å². The number of ether oxygens (including phenoxy) is 1. The zero-order valence-electron chi connectivity index (χ0n) is 8.47.